The first kappa shape index (κ1) is 23.5. The molecule has 1 aliphatic carbocycles. The van der Waals surface area contributed by atoms with Gasteiger partial charge in [0.2, 0.25) is 0 Å². The van der Waals surface area contributed by atoms with Crippen LogP contribution in [0.15, 0.2) is 35.3 Å². The van der Waals surface area contributed by atoms with Gasteiger partial charge >= 0.3 is 5.97 Å². The number of ether oxygens (including phenoxy) is 2. The third kappa shape index (κ3) is 4.32. The van der Waals surface area contributed by atoms with Crippen molar-refractivity contribution in [3.63, 3.8) is 0 Å². The number of hydrogen-bond acceptors (Lipinski definition) is 5. The van der Waals surface area contributed by atoms with Crippen molar-refractivity contribution >= 4 is 5.97 Å². The number of unbranched alkanes of at least 4 members (excludes halogenated alkanes) is 3. The fourth-order valence-corrected chi connectivity index (χ4v) is 5.70. The maximum Gasteiger partial charge on any atom is 0.341 e. The molecule has 1 saturated carbocycles. The van der Waals surface area contributed by atoms with Crippen LogP contribution in [0, 0.1) is 5.41 Å². The maximum absolute atomic E-state index is 12.6. The highest BCUT2D eigenvalue weighted by Crippen LogP contribution is 2.59. The van der Waals surface area contributed by atoms with Crippen molar-refractivity contribution in [2.24, 2.45) is 11.1 Å². The number of fused-ring (bicyclic) bond motifs is 6. The van der Waals surface area contributed by atoms with Crippen molar-refractivity contribution in [3.05, 3.63) is 51.8 Å². The normalized spacial score (nSPS) is 22.4. The van der Waals surface area contributed by atoms with Gasteiger partial charge in [-0.2, -0.15) is 0 Å². The van der Waals surface area contributed by atoms with Crippen LogP contribution in [0.1, 0.15) is 73.8 Å². The number of methoxy groups -OCH3 is 1. The van der Waals surface area contributed by atoms with Crippen LogP contribution in [-0.2, 0) is 4.74 Å². The van der Waals surface area contributed by atoms with E-state index in [9.17, 15) is 14.7 Å². The van der Waals surface area contributed by atoms with Crippen LogP contribution in [0.2, 0.25) is 0 Å². The molecule has 7 nitrogen and oxygen atoms in total. The number of carboxylic acids is 1. The highest BCUT2D eigenvalue weighted by atomic mass is 16.5. The second-order valence-electron chi connectivity index (χ2n) is 9.88. The summed E-state index contributed by atoms with van der Waals surface area (Å²) in [7, 11) is 1.61. The average molecular weight is 455 g/mol. The minimum Gasteiger partial charge on any atom is -0.497 e. The molecule has 1 fully saturated rings. The molecule has 4 rings (SSSR count). The van der Waals surface area contributed by atoms with Crippen molar-refractivity contribution in [1.82, 2.24) is 4.57 Å². The molecule has 1 aromatic heterocycles. The van der Waals surface area contributed by atoms with Gasteiger partial charge in [-0.15, -0.1) is 0 Å². The summed E-state index contributed by atoms with van der Waals surface area (Å²) >= 11 is 0. The molecule has 2 heterocycles. The standard InChI is InChI=1S/C26H34N2O5/c1-26(2)14-22(33-11-7-5-4-6-10-27)23-17-9-8-16(32-3)12-18(17)20-13-21(29)19(25(30)31)15-28(20)24(23)26/h8-9,12-13,15,22-24H,4-7,10-11,14,27H2,1-3H3,(H,30,31). The predicted octanol–water partition coefficient (Wildman–Crippen LogP) is 4.19. The fraction of sp³-hybridized carbons (Fsp3) is 0.538. The second kappa shape index (κ2) is 9.31. The molecular weight excluding hydrogens is 420 g/mol. The van der Waals surface area contributed by atoms with Crippen LogP contribution in [-0.4, -0.2) is 42.0 Å². The van der Waals surface area contributed by atoms with Crippen LogP contribution in [0.5, 0.6) is 5.75 Å². The van der Waals surface area contributed by atoms with Gasteiger partial charge in [-0.3, -0.25) is 4.79 Å². The highest BCUT2D eigenvalue weighted by Gasteiger charge is 2.53. The van der Waals surface area contributed by atoms with Gasteiger partial charge in [-0.05, 0) is 48.9 Å². The van der Waals surface area contributed by atoms with Gasteiger partial charge in [-0.1, -0.05) is 32.8 Å². The van der Waals surface area contributed by atoms with E-state index >= 15 is 0 Å². The SMILES string of the molecule is COc1ccc2c(c1)-c1cc(=O)c(C(=O)O)cn1C1C2C(OCCCCCCN)CC1(C)C. The lowest BCUT2D eigenvalue weighted by Crippen LogP contribution is -2.33. The molecule has 0 amide bonds. The Hall–Kier alpha value is -2.64. The van der Waals surface area contributed by atoms with Crippen molar-refractivity contribution in [2.45, 2.75) is 64.0 Å². The molecule has 0 spiro atoms. The van der Waals surface area contributed by atoms with Crippen LogP contribution in [0.4, 0.5) is 0 Å². The van der Waals surface area contributed by atoms with Gasteiger partial charge in [0.05, 0.1) is 18.9 Å². The zero-order valence-corrected chi connectivity index (χ0v) is 19.7. The van der Waals surface area contributed by atoms with E-state index in [2.05, 4.69) is 19.9 Å². The summed E-state index contributed by atoms with van der Waals surface area (Å²) in [6, 6.07) is 7.40. The number of benzene rings is 1. The smallest absolute Gasteiger partial charge is 0.341 e. The fourth-order valence-electron chi connectivity index (χ4n) is 5.70. The zero-order chi connectivity index (χ0) is 23.8. The van der Waals surface area contributed by atoms with Crippen molar-refractivity contribution in [2.75, 3.05) is 20.3 Å². The van der Waals surface area contributed by atoms with Crippen molar-refractivity contribution in [1.29, 1.82) is 0 Å². The molecule has 7 heteroatoms. The second-order valence-corrected chi connectivity index (χ2v) is 9.88. The largest absolute Gasteiger partial charge is 0.497 e. The summed E-state index contributed by atoms with van der Waals surface area (Å²) in [6.07, 6.45) is 6.63. The van der Waals surface area contributed by atoms with E-state index in [4.69, 9.17) is 15.2 Å². The minimum atomic E-state index is -1.20. The number of nitrogens with two attached hydrogens (primary N) is 1. The van der Waals surface area contributed by atoms with Crippen LogP contribution in [0.3, 0.4) is 0 Å². The topological polar surface area (TPSA) is 104 Å². The summed E-state index contributed by atoms with van der Waals surface area (Å²) in [5.74, 6) is -0.450. The Morgan fingerprint density at radius 1 is 1.21 bits per heavy atom. The van der Waals surface area contributed by atoms with Gasteiger partial charge < -0.3 is 24.9 Å². The van der Waals surface area contributed by atoms with E-state index in [0.717, 1.165) is 55.5 Å². The predicted molar refractivity (Wildman–Crippen MR) is 127 cm³/mol. The van der Waals surface area contributed by atoms with E-state index in [-0.39, 0.29) is 29.0 Å². The Bertz CT molecular complexity index is 1090. The van der Waals surface area contributed by atoms with E-state index in [1.165, 1.54) is 12.3 Å². The number of pyridine rings is 1. The summed E-state index contributed by atoms with van der Waals surface area (Å²) in [5.41, 5.74) is 7.52. The van der Waals surface area contributed by atoms with Crippen LogP contribution >= 0.6 is 0 Å². The molecule has 2 aliphatic rings. The van der Waals surface area contributed by atoms with E-state index in [1.807, 2.05) is 16.7 Å². The molecular formula is C26H34N2O5. The first-order valence-electron chi connectivity index (χ1n) is 11.8. The Kier molecular flexibility index (Phi) is 6.64. The third-order valence-corrected chi connectivity index (χ3v) is 7.20. The summed E-state index contributed by atoms with van der Waals surface area (Å²) in [6.45, 7) is 5.82. The molecule has 0 bridgehead atoms. The highest BCUT2D eigenvalue weighted by molar-refractivity contribution is 5.88. The molecule has 178 valence electrons. The minimum absolute atomic E-state index is 0.00695. The monoisotopic (exact) mass is 454 g/mol. The van der Waals surface area contributed by atoms with E-state index in [1.54, 1.807) is 7.11 Å². The van der Waals surface area contributed by atoms with Gasteiger partial charge in [0.25, 0.3) is 0 Å². The Morgan fingerprint density at radius 3 is 2.67 bits per heavy atom. The van der Waals surface area contributed by atoms with Crippen LogP contribution in [0.25, 0.3) is 11.3 Å². The Balaban J connectivity index is 1.76. The first-order chi connectivity index (χ1) is 15.8. The molecule has 3 unspecified atom stereocenters. The van der Waals surface area contributed by atoms with Crippen molar-refractivity contribution in [3.8, 4) is 17.0 Å². The number of carboxylic acid groups (broad SMARTS) is 1. The summed E-state index contributed by atoms with van der Waals surface area (Å²) in [5, 5.41) is 9.61. The van der Waals surface area contributed by atoms with Gasteiger partial charge in [-0.25, -0.2) is 4.79 Å². The lowest BCUT2D eigenvalue weighted by atomic mass is 9.77. The Labute approximate surface area is 194 Å². The zero-order valence-electron chi connectivity index (χ0n) is 19.7. The van der Waals surface area contributed by atoms with Crippen LogP contribution < -0.4 is 15.9 Å². The molecule has 1 aliphatic heterocycles. The number of aromatic carboxylic acids is 1. The first-order valence-corrected chi connectivity index (χ1v) is 11.8. The van der Waals surface area contributed by atoms with Crippen molar-refractivity contribution < 1.29 is 19.4 Å². The number of nitrogens with zero attached hydrogens (tertiary/aromatic N) is 1. The van der Waals surface area contributed by atoms with E-state index in [0.29, 0.717) is 12.4 Å². The maximum atomic E-state index is 12.6. The lowest BCUT2D eigenvalue weighted by molar-refractivity contribution is 0.0374. The number of aromatic nitrogens is 1. The lowest BCUT2D eigenvalue weighted by Gasteiger charge is -2.40. The molecule has 33 heavy (non-hydrogen) atoms. The average Bonchev–Trinajstić information content (AvgIpc) is 3.05. The Morgan fingerprint density at radius 2 is 1.97 bits per heavy atom. The van der Waals surface area contributed by atoms with E-state index < -0.39 is 11.4 Å². The number of carbonyl (C=O) groups is 1. The molecule has 2 aromatic rings. The number of rotatable bonds is 9. The number of hydrogen-bond donors (Lipinski definition) is 2. The molecule has 3 atom stereocenters. The summed E-state index contributed by atoms with van der Waals surface area (Å²) < 4.78 is 13.9. The molecule has 3 N–H and O–H groups in total. The molecule has 1 aromatic carbocycles. The summed E-state index contributed by atoms with van der Waals surface area (Å²) in [4.78, 5) is 24.4. The van der Waals surface area contributed by atoms with Gasteiger partial charge in [0, 0.05) is 36.4 Å². The van der Waals surface area contributed by atoms with Gasteiger partial charge in [0.1, 0.15) is 11.3 Å². The van der Waals surface area contributed by atoms with Gasteiger partial charge in [0.15, 0.2) is 5.43 Å². The molecule has 0 saturated heterocycles. The molecule has 0 radical (unpaired) electrons. The third-order valence-electron chi connectivity index (χ3n) is 7.20. The quantitative estimate of drug-likeness (QED) is 0.551.